The SMILES string of the molecule is O=C(N/N=C/c1ccc(O)cc1O)C12CC3CC(CC(C3)C1)C2. The van der Waals surface area contributed by atoms with E-state index < -0.39 is 0 Å². The van der Waals surface area contributed by atoms with Gasteiger partial charge in [0.15, 0.2) is 0 Å². The van der Waals surface area contributed by atoms with Crippen LogP contribution in [0.15, 0.2) is 23.3 Å². The fraction of sp³-hybridized carbons (Fsp3) is 0.556. The average Bonchev–Trinajstić information content (AvgIpc) is 2.48. The quantitative estimate of drug-likeness (QED) is 0.592. The normalized spacial score (nSPS) is 34.9. The Balaban J connectivity index is 1.45. The smallest absolute Gasteiger partial charge is 0.246 e. The largest absolute Gasteiger partial charge is 0.508 e. The van der Waals surface area contributed by atoms with E-state index in [2.05, 4.69) is 10.5 Å². The van der Waals surface area contributed by atoms with Crippen molar-refractivity contribution in [3.8, 4) is 11.5 Å². The van der Waals surface area contributed by atoms with Gasteiger partial charge in [-0.25, -0.2) is 5.43 Å². The molecular formula is C18H22N2O3. The van der Waals surface area contributed by atoms with Gasteiger partial charge in [0, 0.05) is 11.6 Å². The number of carbonyl (C=O) groups excluding carboxylic acids is 1. The van der Waals surface area contributed by atoms with Crippen LogP contribution in [0.4, 0.5) is 0 Å². The van der Waals surface area contributed by atoms with Gasteiger partial charge < -0.3 is 10.2 Å². The molecule has 1 amide bonds. The lowest BCUT2D eigenvalue weighted by atomic mass is 9.49. The number of hydrazone groups is 1. The lowest BCUT2D eigenvalue weighted by Crippen LogP contribution is -2.52. The Bertz CT molecular complexity index is 633. The van der Waals surface area contributed by atoms with Gasteiger partial charge in [-0.2, -0.15) is 5.10 Å². The molecule has 5 nitrogen and oxygen atoms in total. The summed E-state index contributed by atoms with van der Waals surface area (Å²) in [5.74, 6) is 2.13. The van der Waals surface area contributed by atoms with Gasteiger partial charge in [0.2, 0.25) is 5.91 Å². The first-order valence-electron chi connectivity index (χ1n) is 8.39. The number of hydrogen-bond donors (Lipinski definition) is 3. The van der Waals surface area contributed by atoms with Crippen LogP contribution in [0.1, 0.15) is 44.1 Å². The second kappa shape index (κ2) is 5.25. The van der Waals surface area contributed by atoms with Crippen molar-refractivity contribution in [3.63, 3.8) is 0 Å². The maximum Gasteiger partial charge on any atom is 0.246 e. The molecule has 4 aliphatic rings. The second-order valence-corrected chi connectivity index (χ2v) is 7.64. The van der Waals surface area contributed by atoms with E-state index in [4.69, 9.17) is 0 Å². The molecule has 5 heteroatoms. The summed E-state index contributed by atoms with van der Waals surface area (Å²) in [6.07, 6.45) is 8.35. The predicted molar refractivity (Wildman–Crippen MR) is 86.1 cm³/mol. The minimum Gasteiger partial charge on any atom is -0.508 e. The van der Waals surface area contributed by atoms with E-state index in [0.29, 0.717) is 5.56 Å². The van der Waals surface area contributed by atoms with Crippen LogP contribution in [-0.4, -0.2) is 22.3 Å². The first-order chi connectivity index (χ1) is 11.0. The summed E-state index contributed by atoms with van der Waals surface area (Å²) in [4.78, 5) is 12.7. The van der Waals surface area contributed by atoms with Crippen molar-refractivity contribution in [2.24, 2.45) is 28.3 Å². The van der Waals surface area contributed by atoms with Crippen molar-refractivity contribution in [3.05, 3.63) is 23.8 Å². The number of amides is 1. The second-order valence-electron chi connectivity index (χ2n) is 7.64. The number of benzene rings is 1. The first-order valence-corrected chi connectivity index (χ1v) is 8.39. The van der Waals surface area contributed by atoms with Gasteiger partial charge in [-0.3, -0.25) is 4.79 Å². The van der Waals surface area contributed by atoms with E-state index in [9.17, 15) is 15.0 Å². The van der Waals surface area contributed by atoms with Crippen LogP contribution in [0, 0.1) is 23.2 Å². The fourth-order valence-electron chi connectivity index (χ4n) is 5.31. The Kier molecular flexibility index (Phi) is 3.32. The molecule has 0 saturated heterocycles. The Hall–Kier alpha value is -2.04. The molecule has 0 spiro atoms. The minimum absolute atomic E-state index is 0.00254. The van der Waals surface area contributed by atoms with E-state index in [1.54, 1.807) is 6.07 Å². The molecule has 3 N–H and O–H groups in total. The van der Waals surface area contributed by atoms with E-state index in [1.807, 2.05) is 0 Å². The van der Waals surface area contributed by atoms with Gasteiger partial charge in [-0.15, -0.1) is 0 Å². The van der Waals surface area contributed by atoms with Gasteiger partial charge in [0.05, 0.1) is 11.6 Å². The topological polar surface area (TPSA) is 81.9 Å². The van der Waals surface area contributed by atoms with Crippen LogP contribution in [0.5, 0.6) is 11.5 Å². The van der Waals surface area contributed by atoms with Crippen molar-refractivity contribution < 1.29 is 15.0 Å². The summed E-state index contributed by atoms with van der Waals surface area (Å²) in [5.41, 5.74) is 2.93. The highest BCUT2D eigenvalue weighted by Crippen LogP contribution is 2.60. The van der Waals surface area contributed by atoms with Crippen LogP contribution >= 0.6 is 0 Å². The molecule has 4 bridgehead atoms. The molecule has 0 atom stereocenters. The third kappa shape index (κ3) is 2.58. The fourth-order valence-corrected chi connectivity index (χ4v) is 5.31. The van der Waals surface area contributed by atoms with Crippen LogP contribution < -0.4 is 5.43 Å². The van der Waals surface area contributed by atoms with Crippen molar-refractivity contribution in [1.29, 1.82) is 0 Å². The van der Waals surface area contributed by atoms with E-state index in [1.165, 1.54) is 37.6 Å². The maximum atomic E-state index is 12.7. The zero-order chi connectivity index (χ0) is 16.0. The number of rotatable bonds is 3. The highest BCUT2D eigenvalue weighted by Gasteiger charge is 2.54. The van der Waals surface area contributed by atoms with Crippen LogP contribution in [-0.2, 0) is 4.79 Å². The lowest BCUT2D eigenvalue weighted by Gasteiger charge is -2.55. The molecule has 122 valence electrons. The maximum absolute atomic E-state index is 12.7. The molecule has 4 fully saturated rings. The number of aromatic hydroxyl groups is 2. The average molecular weight is 314 g/mol. The van der Waals surface area contributed by atoms with Crippen LogP contribution in [0.2, 0.25) is 0 Å². The zero-order valence-corrected chi connectivity index (χ0v) is 13.0. The molecule has 0 heterocycles. The number of phenolic OH excluding ortho intramolecular Hbond substituents is 2. The third-order valence-electron chi connectivity index (χ3n) is 5.90. The predicted octanol–water partition coefficient (Wildman–Crippen LogP) is 2.76. The van der Waals surface area contributed by atoms with Crippen LogP contribution in [0.3, 0.4) is 0 Å². The summed E-state index contributed by atoms with van der Waals surface area (Å²) in [6, 6.07) is 4.29. The van der Waals surface area contributed by atoms with E-state index in [-0.39, 0.29) is 22.8 Å². The molecule has 0 aliphatic heterocycles. The first kappa shape index (κ1) is 14.5. The van der Waals surface area contributed by atoms with E-state index >= 15 is 0 Å². The minimum atomic E-state index is -0.219. The summed E-state index contributed by atoms with van der Waals surface area (Å²) in [7, 11) is 0. The molecule has 1 aromatic rings. The van der Waals surface area contributed by atoms with Crippen molar-refractivity contribution in [2.75, 3.05) is 0 Å². The molecule has 23 heavy (non-hydrogen) atoms. The number of phenols is 2. The number of carbonyl (C=O) groups is 1. The number of nitrogens with zero attached hydrogens (tertiary/aromatic N) is 1. The van der Waals surface area contributed by atoms with Crippen LogP contribution in [0.25, 0.3) is 0 Å². The molecule has 5 rings (SSSR count). The molecule has 0 radical (unpaired) electrons. The molecule has 1 aromatic carbocycles. The Morgan fingerprint density at radius 1 is 1.13 bits per heavy atom. The standard InChI is InChI=1S/C18H22N2O3/c21-15-2-1-14(16(22)6-15)10-19-20-17(23)18-7-11-3-12(8-18)5-13(4-11)9-18/h1-2,6,10-13,21-22H,3-5,7-9H2,(H,20,23)/b19-10+. The lowest BCUT2D eigenvalue weighted by molar-refractivity contribution is -0.146. The molecule has 0 unspecified atom stereocenters. The Labute approximate surface area is 135 Å². The highest BCUT2D eigenvalue weighted by molar-refractivity contribution is 5.87. The van der Waals surface area contributed by atoms with Crippen molar-refractivity contribution in [2.45, 2.75) is 38.5 Å². The third-order valence-corrected chi connectivity index (χ3v) is 5.90. The van der Waals surface area contributed by atoms with Crippen molar-refractivity contribution in [1.82, 2.24) is 5.43 Å². The van der Waals surface area contributed by atoms with Crippen molar-refractivity contribution >= 4 is 12.1 Å². The van der Waals surface area contributed by atoms with Gasteiger partial charge in [0.1, 0.15) is 11.5 Å². The summed E-state index contributed by atoms with van der Waals surface area (Å²) in [5, 5.41) is 23.0. The van der Waals surface area contributed by atoms with Gasteiger partial charge in [-0.05, 0) is 68.4 Å². The molecule has 4 saturated carbocycles. The Morgan fingerprint density at radius 3 is 2.30 bits per heavy atom. The van der Waals surface area contributed by atoms with E-state index in [0.717, 1.165) is 37.0 Å². The zero-order valence-electron chi connectivity index (χ0n) is 13.0. The van der Waals surface area contributed by atoms with Gasteiger partial charge in [0.25, 0.3) is 0 Å². The molecule has 4 aliphatic carbocycles. The van der Waals surface area contributed by atoms with Gasteiger partial charge >= 0.3 is 0 Å². The summed E-state index contributed by atoms with van der Waals surface area (Å²) in [6.45, 7) is 0. The summed E-state index contributed by atoms with van der Waals surface area (Å²) < 4.78 is 0. The Morgan fingerprint density at radius 2 is 1.74 bits per heavy atom. The summed E-state index contributed by atoms with van der Waals surface area (Å²) >= 11 is 0. The van der Waals surface area contributed by atoms with Gasteiger partial charge in [-0.1, -0.05) is 0 Å². The monoisotopic (exact) mass is 314 g/mol. The number of hydrogen-bond acceptors (Lipinski definition) is 4. The molecular weight excluding hydrogens is 292 g/mol. The number of nitrogens with one attached hydrogen (secondary N) is 1. The highest BCUT2D eigenvalue weighted by atomic mass is 16.3. The molecule has 0 aromatic heterocycles.